The highest BCUT2D eigenvalue weighted by atomic mass is 35.5. The van der Waals surface area contributed by atoms with Crippen LogP contribution in [0, 0.1) is 5.92 Å². The number of anilines is 1. The molecule has 2 aliphatic rings. The zero-order valence-corrected chi connectivity index (χ0v) is 9.53. The minimum atomic E-state index is -0.343. The molecule has 0 spiro atoms. The predicted octanol–water partition coefficient (Wildman–Crippen LogP) is 0.663. The standard InChI is InChI=1S/C9H7Cl2N3O2/c10-7-6-4(12-9(11)13-7)1-5-3(2-15)8(16)14(5)6/h3,5,15H,1-2H2. The van der Waals surface area contributed by atoms with E-state index in [0.717, 1.165) is 0 Å². The Morgan fingerprint density at radius 1 is 1.44 bits per heavy atom. The lowest BCUT2D eigenvalue weighted by molar-refractivity contribution is -0.131. The number of aliphatic hydroxyl groups excluding tert-OH is 1. The van der Waals surface area contributed by atoms with Crippen LogP contribution in [0.15, 0.2) is 0 Å². The summed E-state index contributed by atoms with van der Waals surface area (Å²) >= 11 is 11.6. The molecule has 1 saturated heterocycles. The van der Waals surface area contributed by atoms with Crippen LogP contribution in [0.1, 0.15) is 5.69 Å². The summed E-state index contributed by atoms with van der Waals surface area (Å²) in [6, 6.07) is -0.0437. The van der Waals surface area contributed by atoms with E-state index in [1.54, 1.807) is 4.90 Å². The van der Waals surface area contributed by atoms with Gasteiger partial charge in [-0.1, -0.05) is 11.6 Å². The van der Waals surface area contributed by atoms with E-state index < -0.39 is 0 Å². The van der Waals surface area contributed by atoms with Crippen LogP contribution >= 0.6 is 23.2 Å². The third-order valence-corrected chi connectivity index (χ3v) is 3.51. The Labute approximate surface area is 101 Å². The molecule has 1 N–H and O–H groups in total. The van der Waals surface area contributed by atoms with Gasteiger partial charge in [-0.15, -0.1) is 0 Å². The number of rotatable bonds is 1. The number of aromatic nitrogens is 2. The molecule has 5 nitrogen and oxygen atoms in total. The first-order valence-corrected chi connectivity index (χ1v) is 5.55. The van der Waals surface area contributed by atoms with Gasteiger partial charge in [0.2, 0.25) is 11.2 Å². The number of hydrogen-bond donors (Lipinski definition) is 1. The van der Waals surface area contributed by atoms with Gasteiger partial charge in [0.15, 0.2) is 5.15 Å². The summed E-state index contributed by atoms with van der Waals surface area (Å²) in [5, 5.41) is 9.34. The maximum atomic E-state index is 11.7. The van der Waals surface area contributed by atoms with Crippen LogP contribution in [-0.4, -0.2) is 33.6 Å². The van der Waals surface area contributed by atoms with Crippen molar-refractivity contribution in [3.05, 3.63) is 16.1 Å². The molecule has 2 unspecified atom stereocenters. The molecule has 1 fully saturated rings. The van der Waals surface area contributed by atoms with E-state index in [9.17, 15) is 4.79 Å². The van der Waals surface area contributed by atoms with E-state index >= 15 is 0 Å². The summed E-state index contributed by atoms with van der Waals surface area (Å²) in [6.45, 7) is -0.146. The van der Waals surface area contributed by atoms with Gasteiger partial charge in [0.25, 0.3) is 0 Å². The highest BCUT2D eigenvalue weighted by Crippen LogP contribution is 2.45. The summed E-state index contributed by atoms with van der Waals surface area (Å²) in [4.78, 5) is 21.1. The van der Waals surface area contributed by atoms with Crippen LogP contribution in [0.4, 0.5) is 5.69 Å². The zero-order chi connectivity index (χ0) is 11.4. The van der Waals surface area contributed by atoms with Gasteiger partial charge in [-0.3, -0.25) is 4.79 Å². The molecule has 1 amide bonds. The third-order valence-electron chi connectivity index (χ3n) is 3.08. The molecule has 0 saturated carbocycles. The van der Waals surface area contributed by atoms with Crippen molar-refractivity contribution in [3.8, 4) is 0 Å². The third kappa shape index (κ3) is 1.13. The summed E-state index contributed by atoms with van der Waals surface area (Å²) < 4.78 is 0. The number of nitrogens with zero attached hydrogens (tertiary/aromatic N) is 3. The van der Waals surface area contributed by atoms with Crippen LogP contribution in [0.25, 0.3) is 0 Å². The van der Waals surface area contributed by atoms with E-state index in [0.29, 0.717) is 17.8 Å². The maximum Gasteiger partial charge on any atom is 0.234 e. The zero-order valence-electron chi connectivity index (χ0n) is 8.02. The Hall–Kier alpha value is -0.910. The van der Waals surface area contributed by atoms with Crippen LogP contribution in [0.2, 0.25) is 10.4 Å². The molecule has 3 heterocycles. The first-order valence-electron chi connectivity index (χ1n) is 4.79. The highest BCUT2D eigenvalue weighted by Gasteiger charge is 2.53. The van der Waals surface area contributed by atoms with Crippen LogP contribution < -0.4 is 4.90 Å². The molecular weight excluding hydrogens is 253 g/mol. The topological polar surface area (TPSA) is 66.3 Å². The number of amides is 1. The largest absolute Gasteiger partial charge is 0.395 e. The van der Waals surface area contributed by atoms with Gasteiger partial charge in [-0.25, -0.2) is 9.97 Å². The fourth-order valence-electron chi connectivity index (χ4n) is 2.33. The van der Waals surface area contributed by atoms with Gasteiger partial charge in [0, 0.05) is 6.42 Å². The van der Waals surface area contributed by atoms with Crippen LogP contribution in [0.5, 0.6) is 0 Å². The highest BCUT2D eigenvalue weighted by molar-refractivity contribution is 6.34. The SMILES string of the molecule is O=C1C(CO)C2Cc3nc(Cl)nc(Cl)c3N12. The Morgan fingerprint density at radius 2 is 2.19 bits per heavy atom. The first kappa shape index (κ1) is 10.3. The van der Waals surface area contributed by atoms with Crippen molar-refractivity contribution < 1.29 is 9.90 Å². The fraction of sp³-hybridized carbons (Fsp3) is 0.444. The van der Waals surface area contributed by atoms with Crippen molar-refractivity contribution in [1.29, 1.82) is 0 Å². The van der Waals surface area contributed by atoms with Crippen molar-refractivity contribution in [2.24, 2.45) is 5.92 Å². The molecule has 7 heteroatoms. The summed E-state index contributed by atoms with van der Waals surface area (Å²) in [7, 11) is 0. The Morgan fingerprint density at radius 3 is 2.88 bits per heavy atom. The van der Waals surface area contributed by atoms with Crippen molar-refractivity contribution in [2.45, 2.75) is 12.5 Å². The number of aliphatic hydroxyl groups is 1. The Balaban J connectivity index is 2.07. The summed E-state index contributed by atoms with van der Waals surface area (Å²) in [5.41, 5.74) is 1.23. The summed E-state index contributed by atoms with van der Waals surface area (Å²) in [6.07, 6.45) is 0.578. The Bertz CT molecular complexity index is 494. The molecule has 0 bridgehead atoms. The number of carbonyl (C=O) groups excluding carboxylic acids is 1. The summed E-state index contributed by atoms with van der Waals surface area (Å²) in [5.74, 6) is -0.469. The van der Waals surface area contributed by atoms with Crippen molar-refractivity contribution in [1.82, 2.24) is 9.97 Å². The number of β-lactam (4-membered cyclic amide) rings is 1. The van der Waals surface area contributed by atoms with E-state index in [1.165, 1.54) is 0 Å². The molecule has 0 radical (unpaired) electrons. The van der Waals surface area contributed by atoms with Crippen LogP contribution in [0.3, 0.4) is 0 Å². The van der Waals surface area contributed by atoms with Gasteiger partial charge < -0.3 is 10.0 Å². The smallest absolute Gasteiger partial charge is 0.234 e. The molecule has 1 aromatic heterocycles. The lowest BCUT2D eigenvalue weighted by Crippen LogP contribution is -2.61. The predicted molar refractivity (Wildman–Crippen MR) is 57.6 cm³/mol. The molecule has 16 heavy (non-hydrogen) atoms. The van der Waals surface area contributed by atoms with Gasteiger partial charge >= 0.3 is 0 Å². The van der Waals surface area contributed by atoms with E-state index in [-0.39, 0.29) is 34.9 Å². The Kier molecular flexibility index (Phi) is 2.11. The second-order valence-electron chi connectivity index (χ2n) is 3.85. The molecule has 2 aliphatic heterocycles. The second-order valence-corrected chi connectivity index (χ2v) is 4.54. The quantitative estimate of drug-likeness (QED) is 0.457. The number of fused-ring (bicyclic) bond motifs is 3. The number of hydrogen-bond acceptors (Lipinski definition) is 4. The lowest BCUT2D eigenvalue weighted by Gasteiger charge is -2.41. The molecule has 3 rings (SSSR count). The minimum absolute atomic E-state index is 0.0437. The van der Waals surface area contributed by atoms with Gasteiger partial charge in [0.1, 0.15) is 5.69 Å². The molecule has 84 valence electrons. The average molecular weight is 260 g/mol. The maximum absolute atomic E-state index is 11.7. The molecule has 1 aromatic rings. The molecular formula is C9H7Cl2N3O2. The van der Waals surface area contributed by atoms with E-state index in [2.05, 4.69) is 9.97 Å². The molecule has 0 aliphatic carbocycles. The minimum Gasteiger partial charge on any atom is -0.395 e. The van der Waals surface area contributed by atoms with Crippen molar-refractivity contribution in [2.75, 3.05) is 11.5 Å². The monoisotopic (exact) mass is 259 g/mol. The van der Waals surface area contributed by atoms with Gasteiger partial charge in [-0.05, 0) is 11.6 Å². The van der Waals surface area contributed by atoms with E-state index in [4.69, 9.17) is 28.3 Å². The molecule has 0 aromatic carbocycles. The normalized spacial score (nSPS) is 26.4. The van der Waals surface area contributed by atoms with E-state index in [1.807, 2.05) is 0 Å². The fourth-order valence-corrected chi connectivity index (χ4v) is 2.84. The van der Waals surface area contributed by atoms with Gasteiger partial charge in [-0.2, -0.15) is 0 Å². The molecule has 2 atom stereocenters. The van der Waals surface area contributed by atoms with Crippen molar-refractivity contribution in [3.63, 3.8) is 0 Å². The lowest BCUT2D eigenvalue weighted by atomic mass is 9.88. The van der Waals surface area contributed by atoms with Gasteiger partial charge in [0.05, 0.1) is 24.3 Å². The number of halogens is 2. The van der Waals surface area contributed by atoms with Crippen LogP contribution in [-0.2, 0) is 11.2 Å². The average Bonchev–Trinajstić information content (AvgIpc) is 2.54. The van der Waals surface area contributed by atoms with Crippen molar-refractivity contribution >= 4 is 34.8 Å². The number of carbonyl (C=O) groups is 1. The second kappa shape index (κ2) is 3.29. The first-order chi connectivity index (χ1) is 7.63.